The van der Waals surface area contributed by atoms with Gasteiger partial charge in [-0.25, -0.2) is 0 Å². The third-order valence-corrected chi connectivity index (χ3v) is 19.2. The molecule has 20 nitrogen and oxygen atoms in total. The van der Waals surface area contributed by atoms with E-state index < -0.39 is 140 Å². The zero-order valence-corrected chi connectivity index (χ0v) is 40.1. The Hall–Kier alpha value is -1.06. The van der Waals surface area contributed by atoms with E-state index in [4.69, 9.17) is 28.4 Å². The first-order chi connectivity index (χ1) is 32.1. The predicted molar refractivity (Wildman–Crippen MR) is 236 cm³/mol. The minimum absolute atomic E-state index is 0.0487. The highest BCUT2D eigenvalue weighted by molar-refractivity contribution is 5.19. The van der Waals surface area contributed by atoms with Gasteiger partial charge in [-0.1, -0.05) is 39.3 Å². The second kappa shape index (κ2) is 21.0. The Balaban J connectivity index is 1.21. The molecule has 3 heterocycles. The number of hydrogen-bond donors (Lipinski definition) is 14. The van der Waals surface area contributed by atoms with Gasteiger partial charge in [0.25, 0.3) is 0 Å². The summed E-state index contributed by atoms with van der Waals surface area (Å²) in [5.74, 6) is -0.157. The van der Waals surface area contributed by atoms with Crippen LogP contribution in [0.5, 0.6) is 0 Å². The van der Waals surface area contributed by atoms with Crippen molar-refractivity contribution in [2.45, 2.75) is 203 Å². The third kappa shape index (κ3) is 9.19. The van der Waals surface area contributed by atoms with Gasteiger partial charge in [-0.2, -0.15) is 0 Å². The molecule has 0 unspecified atom stereocenters. The van der Waals surface area contributed by atoms with Gasteiger partial charge in [-0.3, -0.25) is 0 Å². The fraction of sp³-hybridized carbons (Fsp3) is 0.958. The van der Waals surface area contributed by atoms with E-state index in [1.807, 2.05) is 19.9 Å². The second-order valence-electron chi connectivity index (χ2n) is 22.6. The molecular formula is C48H82O20. The number of aliphatic hydroxyl groups excluding tert-OH is 14. The van der Waals surface area contributed by atoms with Crippen LogP contribution >= 0.6 is 0 Å². The van der Waals surface area contributed by atoms with Crippen molar-refractivity contribution in [2.24, 2.45) is 44.8 Å². The van der Waals surface area contributed by atoms with Crippen LogP contribution in [-0.2, 0) is 28.4 Å². The Labute approximate surface area is 398 Å². The topological polar surface area (TPSA) is 339 Å². The van der Waals surface area contributed by atoms with Crippen LogP contribution in [0, 0.1) is 44.8 Å². The molecule has 4 saturated carbocycles. The van der Waals surface area contributed by atoms with E-state index in [-0.39, 0.29) is 48.4 Å². The summed E-state index contributed by atoms with van der Waals surface area (Å²) in [6.07, 6.45) is -17.4. The van der Waals surface area contributed by atoms with Crippen molar-refractivity contribution in [3.8, 4) is 0 Å². The quantitative estimate of drug-likeness (QED) is 0.0619. The maximum absolute atomic E-state index is 12.4. The molecule has 3 saturated heterocycles. The Morgan fingerprint density at radius 2 is 1.15 bits per heavy atom. The summed E-state index contributed by atoms with van der Waals surface area (Å²) in [4.78, 5) is 0. The van der Waals surface area contributed by atoms with Crippen LogP contribution < -0.4 is 0 Å². The highest BCUT2D eigenvalue weighted by Gasteiger charge is 2.71. The molecule has 0 aromatic heterocycles. The lowest BCUT2D eigenvalue weighted by molar-refractivity contribution is -0.382. The molecule has 20 heteroatoms. The molecule has 25 atom stereocenters. The smallest absolute Gasteiger partial charge is 0.187 e. The van der Waals surface area contributed by atoms with Gasteiger partial charge in [0.1, 0.15) is 73.2 Å². The monoisotopic (exact) mass is 979 g/mol. The lowest BCUT2D eigenvalue weighted by Crippen LogP contribution is -2.69. The number of hydrogen-bond acceptors (Lipinski definition) is 20. The number of allylic oxidation sites excluding steroid dienone is 1. The molecule has 394 valence electrons. The normalized spacial score (nSPS) is 53.3. The summed E-state index contributed by atoms with van der Waals surface area (Å²) in [5, 5.41) is 150. The minimum atomic E-state index is -1.88. The molecule has 0 amide bonds. The molecule has 0 bridgehead atoms. The van der Waals surface area contributed by atoms with Crippen LogP contribution in [0.25, 0.3) is 0 Å². The Bertz CT molecular complexity index is 1710. The summed E-state index contributed by atoms with van der Waals surface area (Å²) < 4.78 is 36.9. The molecule has 0 aromatic rings. The zero-order valence-electron chi connectivity index (χ0n) is 40.1. The van der Waals surface area contributed by atoms with Gasteiger partial charge in [0, 0.05) is 10.8 Å². The minimum Gasteiger partial charge on any atom is -0.396 e. The molecule has 0 spiro atoms. The summed E-state index contributed by atoms with van der Waals surface area (Å²) in [6.45, 7) is 8.24. The van der Waals surface area contributed by atoms with Gasteiger partial charge < -0.3 is 99.9 Å². The summed E-state index contributed by atoms with van der Waals surface area (Å²) >= 11 is 0. The van der Waals surface area contributed by atoms with Crippen molar-refractivity contribution < 1.29 is 99.9 Å². The summed E-state index contributed by atoms with van der Waals surface area (Å²) in [6, 6.07) is 0. The van der Waals surface area contributed by atoms with Gasteiger partial charge in [0.05, 0.1) is 51.8 Å². The second-order valence-corrected chi connectivity index (χ2v) is 22.6. The molecule has 7 fully saturated rings. The van der Waals surface area contributed by atoms with E-state index in [9.17, 15) is 71.5 Å². The molecule has 3 aliphatic heterocycles. The highest BCUT2D eigenvalue weighted by Crippen LogP contribution is 2.75. The molecule has 4 aliphatic carbocycles. The molecule has 0 aromatic carbocycles. The van der Waals surface area contributed by atoms with Crippen LogP contribution in [0.3, 0.4) is 0 Å². The van der Waals surface area contributed by atoms with E-state index in [2.05, 4.69) is 20.8 Å². The molecule has 14 N–H and O–H groups in total. The predicted octanol–water partition coefficient (Wildman–Crippen LogP) is -2.08. The lowest BCUT2D eigenvalue weighted by Gasteiger charge is -2.72. The largest absolute Gasteiger partial charge is 0.396 e. The molecule has 0 radical (unpaired) electrons. The molecule has 7 aliphatic rings. The molecule has 7 rings (SSSR count). The molecular weight excluding hydrogens is 897 g/mol. The van der Waals surface area contributed by atoms with Crippen molar-refractivity contribution in [1.82, 2.24) is 0 Å². The number of ether oxygens (including phenoxy) is 6. The standard InChI is InChI=1S/C48H82O20/c1-23(17-49)7-6-12-48(21-53)16-15-46(4)24(40(48)62)8-9-29-44(2)13-11-30(45(3,28(44)10-14-47(29,46)5)22-63-41-37(60)34(57)31(54)25(18-50)64-41)67-43-39(36(59)33(56)27(20-52)66-43)68-42-38(61)35(58)32(55)26(19-51)65-42/h7,24-43,49-62H,6,8-22H2,1-5H3/b23-7+/t24-,25-,26-,27-,28-,29-,30+,31-,32-,33-,34+,35+,36+,37-,38-,39-,40-,41-,42+,43+,44+,45+,46-,47-,48-/m1/s1. The number of aliphatic hydroxyl groups is 14. The molecule has 68 heavy (non-hydrogen) atoms. The Morgan fingerprint density at radius 1 is 0.574 bits per heavy atom. The average Bonchev–Trinajstić information content (AvgIpc) is 3.32. The lowest BCUT2D eigenvalue weighted by atomic mass is 9.33. The van der Waals surface area contributed by atoms with Crippen LogP contribution in [0.1, 0.15) is 98.8 Å². The fourth-order valence-corrected chi connectivity index (χ4v) is 14.7. The maximum atomic E-state index is 12.4. The van der Waals surface area contributed by atoms with E-state index in [1.54, 1.807) is 0 Å². The van der Waals surface area contributed by atoms with Crippen LogP contribution in [-0.4, -0.2) is 215 Å². The van der Waals surface area contributed by atoms with Crippen molar-refractivity contribution in [3.63, 3.8) is 0 Å². The number of fused-ring (bicyclic) bond motifs is 5. The van der Waals surface area contributed by atoms with Crippen molar-refractivity contribution in [2.75, 3.05) is 39.6 Å². The Morgan fingerprint density at radius 3 is 1.74 bits per heavy atom. The van der Waals surface area contributed by atoms with E-state index >= 15 is 0 Å². The SMILES string of the molecule is C/C(=C\CC[C@]1(CO)CC[C@]2(C)[C@H](CC[C@@H]3[C@@]4(C)CC[C@H](O[C@@H]5O[C@H](CO)[C@@H](O)[C@H](O)[C@H]5O[C@@H]5O[C@H](CO)[C@@H](O)[C@H](O)[C@H]5O)[C@@](C)(CO[C@@H]5O[C@H](CO)[C@@H](O)[C@H](O)[C@H]5O)[C@@H]4CC[C@]32C)[C@H]1O)CO. The fourth-order valence-electron chi connectivity index (χ4n) is 14.7. The third-order valence-electron chi connectivity index (χ3n) is 19.2. The average molecular weight is 979 g/mol. The summed E-state index contributed by atoms with van der Waals surface area (Å²) in [5.41, 5.74) is -1.83. The first kappa shape index (κ1) is 54.7. The van der Waals surface area contributed by atoms with Gasteiger partial charge >= 0.3 is 0 Å². The van der Waals surface area contributed by atoms with Gasteiger partial charge in [0.15, 0.2) is 18.9 Å². The summed E-state index contributed by atoms with van der Waals surface area (Å²) in [7, 11) is 0. The van der Waals surface area contributed by atoms with E-state index in [0.29, 0.717) is 38.5 Å². The maximum Gasteiger partial charge on any atom is 0.187 e. The van der Waals surface area contributed by atoms with Gasteiger partial charge in [-0.05, 0) is 105 Å². The van der Waals surface area contributed by atoms with Crippen LogP contribution in [0.4, 0.5) is 0 Å². The number of rotatable bonds is 15. The van der Waals surface area contributed by atoms with Crippen LogP contribution in [0.2, 0.25) is 0 Å². The van der Waals surface area contributed by atoms with Crippen LogP contribution in [0.15, 0.2) is 11.6 Å². The first-order valence-corrected chi connectivity index (χ1v) is 24.8. The van der Waals surface area contributed by atoms with Gasteiger partial charge in [0.2, 0.25) is 0 Å². The van der Waals surface area contributed by atoms with Gasteiger partial charge in [-0.15, -0.1) is 0 Å². The van der Waals surface area contributed by atoms with E-state index in [0.717, 1.165) is 31.3 Å². The zero-order chi connectivity index (χ0) is 49.9. The van der Waals surface area contributed by atoms with Crippen molar-refractivity contribution >= 4 is 0 Å². The van der Waals surface area contributed by atoms with E-state index in [1.165, 1.54) is 0 Å². The Kier molecular flexibility index (Phi) is 16.9. The van der Waals surface area contributed by atoms with Crippen molar-refractivity contribution in [1.29, 1.82) is 0 Å². The first-order valence-electron chi connectivity index (χ1n) is 24.8. The van der Waals surface area contributed by atoms with Crippen molar-refractivity contribution in [3.05, 3.63) is 11.6 Å². The highest BCUT2D eigenvalue weighted by atomic mass is 16.8.